The van der Waals surface area contributed by atoms with Crippen LogP contribution in [0.4, 0.5) is 16.4 Å². The minimum absolute atomic E-state index is 0.0312. The topological polar surface area (TPSA) is 117 Å². The first-order valence-electron chi connectivity index (χ1n) is 7.07. The second kappa shape index (κ2) is 7.07. The van der Waals surface area contributed by atoms with Crippen molar-refractivity contribution in [3.63, 3.8) is 0 Å². The lowest BCUT2D eigenvalue weighted by atomic mass is 10.0. The SMILES string of the molecule is Cc1cc(Nc2cc(N[C@@H](C(N)=O)C(C)C)cnc2C#N)sn1. The molecule has 1 amide bonds. The number of rotatable bonds is 6. The fourth-order valence-electron chi connectivity index (χ4n) is 2.03. The van der Waals surface area contributed by atoms with Gasteiger partial charge in [0.15, 0.2) is 5.69 Å². The molecule has 1 atom stereocenters. The van der Waals surface area contributed by atoms with Crippen LogP contribution in [0.5, 0.6) is 0 Å². The predicted molar refractivity (Wildman–Crippen MR) is 90.5 cm³/mol. The van der Waals surface area contributed by atoms with E-state index in [0.717, 1.165) is 10.7 Å². The highest BCUT2D eigenvalue weighted by atomic mass is 32.1. The standard InChI is InChI=1S/C15H18N6OS/c1-8(2)14(15(17)22)19-10-5-11(12(6-16)18-7-10)20-13-4-9(3)21-23-13/h4-5,7-8,14,19-20H,1-3H3,(H2,17,22)/t14-/m1/s1. The van der Waals surface area contributed by atoms with Crippen molar-refractivity contribution in [1.82, 2.24) is 9.36 Å². The molecule has 0 spiro atoms. The van der Waals surface area contributed by atoms with E-state index in [-0.39, 0.29) is 11.6 Å². The van der Waals surface area contributed by atoms with E-state index in [1.54, 1.807) is 6.07 Å². The molecular formula is C15H18N6OS. The zero-order chi connectivity index (χ0) is 17.0. The van der Waals surface area contributed by atoms with Gasteiger partial charge < -0.3 is 16.4 Å². The van der Waals surface area contributed by atoms with Gasteiger partial charge in [0.05, 0.1) is 23.3 Å². The molecule has 4 N–H and O–H groups in total. The van der Waals surface area contributed by atoms with E-state index < -0.39 is 11.9 Å². The van der Waals surface area contributed by atoms with Crippen LogP contribution in [0.2, 0.25) is 0 Å². The third-order valence-corrected chi connectivity index (χ3v) is 3.97. The van der Waals surface area contributed by atoms with E-state index in [4.69, 9.17) is 5.73 Å². The number of nitrogens with one attached hydrogen (secondary N) is 2. The van der Waals surface area contributed by atoms with Gasteiger partial charge in [-0.05, 0) is 36.5 Å². The maximum atomic E-state index is 11.5. The summed E-state index contributed by atoms with van der Waals surface area (Å²) in [6.45, 7) is 5.70. The largest absolute Gasteiger partial charge is 0.372 e. The number of primary amides is 1. The zero-order valence-electron chi connectivity index (χ0n) is 13.1. The monoisotopic (exact) mass is 330 g/mol. The van der Waals surface area contributed by atoms with E-state index >= 15 is 0 Å². The maximum Gasteiger partial charge on any atom is 0.240 e. The fourth-order valence-corrected chi connectivity index (χ4v) is 2.70. The molecule has 2 heterocycles. The highest BCUT2D eigenvalue weighted by Gasteiger charge is 2.19. The van der Waals surface area contributed by atoms with Crippen LogP contribution in [-0.4, -0.2) is 21.3 Å². The van der Waals surface area contributed by atoms with Crippen molar-refractivity contribution >= 4 is 33.8 Å². The summed E-state index contributed by atoms with van der Waals surface area (Å²) in [6, 6.07) is 5.15. The van der Waals surface area contributed by atoms with Crippen molar-refractivity contribution in [2.45, 2.75) is 26.8 Å². The summed E-state index contributed by atoms with van der Waals surface area (Å²) in [7, 11) is 0. The second-order valence-electron chi connectivity index (χ2n) is 5.46. The average Bonchev–Trinajstić information content (AvgIpc) is 2.89. The van der Waals surface area contributed by atoms with Crippen LogP contribution in [0.1, 0.15) is 25.2 Å². The molecule has 2 aromatic heterocycles. The van der Waals surface area contributed by atoms with Gasteiger partial charge in [0.1, 0.15) is 17.1 Å². The Balaban J connectivity index is 2.28. The third-order valence-electron chi connectivity index (χ3n) is 3.17. The molecule has 0 aliphatic heterocycles. The van der Waals surface area contributed by atoms with Crippen LogP contribution < -0.4 is 16.4 Å². The molecule has 23 heavy (non-hydrogen) atoms. The van der Waals surface area contributed by atoms with Crippen LogP contribution in [0.15, 0.2) is 18.3 Å². The first-order valence-corrected chi connectivity index (χ1v) is 7.84. The van der Waals surface area contributed by atoms with Gasteiger partial charge in [-0.1, -0.05) is 13.8 Å². The summed E-state index contributed by atoms with van der Waals surface area (Å²) in [5, 5.41) is 16.2. The molecule has 0 saturated carbocycles. The Labute approximate surface area is 138 Å². The summed E-state index contributed by atoms with van der Waals surface area (Å²) >= 11 is 1.30. The average molecular weight is 330 g/mol. The van der Waals surface area contributed by atoms with Crippen LogP contribution in [0.25, 0.3) is 0 Å². The molecule has 0 aromatic carbocycles. The van der Waals surface area contributed by atoms with Crippen molar-refractivity contribution in [2.75, 3.05) is 10.6 Å². The molecule has 0 unspecified atom stereocenters. The number of aromatic nitrogens is 2. The number of nitrogens with zero attached hydrogens (tertiary/aromatic N) is 3. The van der Waals surface area contributed by atoms with Crippen LogP contribution in [-0.2, 0) is 4.79 Å². The Hall–Kier alpha value is -2.66. The highest BCUT2D eigenvalue weighted by molar-refractivity contribution is 7.10. The molecule has 0 aliphatic carbocycles. The lowest BCUT2D eigenvalue weighted by molar-refractivity contribution is -0.119. The second-order valence-corrected chi connectivity index (χ2v) is 6.26. The molecule has 0 saturated heterocycles. The van der Waals surface area contributed by atoms with Crippen LogP contribution in [0.3, 0.4) is 0 Å². The van der Waals surface area contributed by atoms with Gasteiger partial charge >= 0.3 is 0 Å². The molecule has 0 radical (unpaired) electrons. The molecule has 120 valence electrons. The quantitative estimate of drug-likeness (QED) is 0.748. The van der Waals surface area contributed by atoms with Crippen LogP contribution in [0, 0.1) is 24.2 Å². The number of hydrogen-bond donors (Lipinski definition) is 3. The van der Waals surface area contributed by atoms with Crippen molar-refractivity contribution in [3.8, 4) is 6.07 Å². The molecule has 2 aromatic rings. The Kier molecular flexibility index (Phi) is 5.13. The minimum Gasteiger partial charge on any atom is -0.372 e. The number of nitriles is 1. The zero-order valence-corrected chi connectivity index (χ0v) is 13.9. The summed E-state index contributed by atoms with van der Waals surface area (Å²) in [6.07, 6.45) is 1.51. The maximum absolute atomic E-state index is 11.5. The number of nitrogens with two attached hydrogens (primary N) is 1. The smallest absolute Gasteiger partial charge is 0.240 e. The Morgan fingerprint density at radius 2 is 2.17 bits per heavy atom. The van der Waals surface area contributed by atoms with E-state index in [2.05, 4.69) is 20.0 Å². The highest BCUT2D eigenvalue weighted by Crippen LogP contribution is 2.26. The molecule has 0 fully saturated rings. The van der Waals surface area contributed by atoms with Gasteiger partial charge in [-0.3, -0.25) is 4.79 Å². The van der Waals surface area contributed by atoms with Crippen molar-refractivity contribution in [3.05, 3.63) is 29.7 Å². The number of aryl methyl sites for hydroxylation is 1. The Morgan fingerprint density at radius 3 is 2.70 bits per heavy atom. The lowest BCUT2D eigenvalue weighted by Crippen LogP contribution is -2.39. The van der Waals surface area contributed by atoms with E-state index in [0.29, 0.717) is 11.4 Å². The van der Waals surface area contributed by atoms with E-state index in [1.165, 1.54) is 17.7 Å². The van der Waals surface area contributed by atoms with E-state index in [9.17, 15) is 10.1 Å². The van der Waals surface area contributed by atoms with Gasteiger partial charge in [0, 0.05) is 0 Å². The van der Waals surface area contributed by atoms with Gasteiger partial charge in [-0.2, -0.15) is 9.64 Å². The minimum atomic E-state index is -0.511. The first-order chi connectivity index (χ1) is 10.9. The van der Waals surface area contributed by atoms with Crippen molar-refractivity contribution in [1.29, 1.82) is 5.26 Å². The molecule has 2 rings (SSSR count). The first kappa shape index (κ1) is 16.7. The van der Waals surface area contributed by atoms with Crippen LogP contribution >= 0.6 is 11.5 Å². The summed E-state index contributed by atoms with van der Waals surface area (Å²) in [5.74, 6) is -0.402. The number of hydrogen-bond acceptors (Lipinski definition) is 7. The number of pyridine rings is 1. The molecule has 0 bridgehead atoms. The number of carbonyl (C=O) groups excluding carboxylic acids is 1. The summed E-state index contributed by atoms with van der Waals surface area (Å²) in [5.41, 5.74) is 7.74. The van der Waals surface area contributed by atoms with Gasteiger partial charge in [0.25, 0.3) is 0 Å². The molecule has 0 aliphatic rings. The normalized spacial score (nSPS) is 11.8. The van der Waals surface area contributed by atoms with Gasteiger partial charge in [-0.25, -0.2) is 4.98 Å². The van der Waals surface area contributed by atoms with Gasteiger partial charge in [0.2, 0.25) is 5.91 Å². The molecule has 7 nitrogen and oxygen atoms in total. The number of anilines is 3. The van der Waals surface area contributed by atoms with E-state index in [1.807, 2.05) is 32.9 Å². The Morgan fingerprint density at radius 1 is 1.43 bits per heavy atom. The van der Waals surface area contributed by atoms with Crippen molar-refractivity contribution < 1.29 is 4.79 Å². The van der Waals surface area contributed by atoms with Crippen molar-refractivity contribution in [2.24, 2.45) is 11.7 Å². The Bertz CT molecular complexity index is 749. The number of carbonyl (C=O) groups is 1. The predicted octanol–water partition coefficient (Wildman–Crippen LogP) is 2.38. The number of amides is 1. The lowest BCUT2D eigenvalue weighted by Gasteiger charge is -2.20. The molecule has 8 heteroatoms. The summed E-state index contributed by atoms with van der Waals surface area (Å²) < 4.78 is 4.18. The fraction of sp³-hybridized carbons (Fsp3) is 0.333. The summed E-state index contributed by atoms with van der Waals surface area (Å²) in [4.78, 5) is 15.6. The van der Waals surface area contributed by atoms with Gasteiger partial charge in [-0.15, -0.1) is 0 Å². The third kappa shape index (κ3) is 4.17. The molecular weight excluding hydrogens is 312 g/mol.